The van der Waals surface area contributed by atoms with Gasteiger partial charge in [0, 0.05) is 25.6 Å². The van der Waals surface area contributed by atoms with Gasteiger partial charge in [-0.05, 0) is 25.7 Å². The van der Waals surface area contributed by atoms with E-state index < -0.39 is 0 Å². The molecule has 0 radical (unpaired) electrons. The summed E-state index contributed by atoms with van der Waals surface area (Å²) in [6, 6.07) is 1.96. The molecule has 5 heteroatoms. The predicted molar refractivity (Wildman–Crippen MR) is 80.3 cm³/mol. The highest BCUT2D eigenvalue weighted by molar-refractivity contribution is 5.47. The molecule has 2 aliphatic rings. The molecule has 2 saturated carbocycles. The third-order valence-corrected chi connectivity index (χ3v) is 4.01. The summed E-state index contributed by atoms with van der Waals surface area (Å²) in [7, 11) is 1.89. The third-order valence-electron chi connectivity index (χ3n) is 4.01. The highest BCUT2D eigenvalue weighted by Gasteiger charge is 2.27. The van der Waals surface area contributed by atoms with Gasteiger partial charge in [-0.1, -0.05) is 12.8 Å². The van der Waals surface area contributed by atoms with Gasteiger partial charge in [0.15, 0.2) is 0 Å². The van der Waals surface area contributed by atoms with E-state index in [0.29, 0.717) is 12.0 Å². The molecule has 5 nitrogen and oxygen atoms in total. The smallest absolute Gasteiger partial charge is 0.136 e. The van der Waals surface area contributed by atoms with E-state index in [4.69, 9.17) is 4.74 Å². The van der Waals surface area contributed by atoms with E-state index in [0.717, 1.165) is 30.6 Å². The van der Waals surface area contributed by atoms with Crippen molar-refractivity contribution >= 4 is 11.6 Å². The monoisotopic (exact) mass is 276 g/mol. The Bertz CT molecular complexity index is 441. The van der Waals surface area contributed by atoms with Gasteiger partial charge in [0.05, 0.1) is 12.7 Å². The molecule has 0 spiro atoms. The number of nitrogens with one attached hydrogen (secondary N) is 2. The number of rotatable bonds is 7. The second-order valence-electron chi connectivity index (χ2n) is 5.72. The first kappa shape index (κ1) is 13.6. The lowest BCUT2D eigenvalue weighted by Gasteiger charge is -2.12. The lowest BCUT2D eigenvalue weighted by atomic mass is 10.3. The average Bonchev–Trinajstić information content (AvgIpc) is 3.21. The van der Waals surface area contributed by atoms with Crippen molar-refractivity contribution in [2.45, 2.75) is 50.5 Å². The maximum absolute atomic E-state index is 5.85. The van der Waals surface area contributed by atoms with E-state index in [1.807, 2.05) is 13.1 Å². The molecule has 1 heterocycles. The molecule has 0 saturated heterocycles. The van der Waals surface area contributed by atoms with Crippen molar-refractivity contribution < 1.29 is 4.74 Å². The van der Waals surface area contributed by atoms with Crippen LogP contribution in [0.5, 0.6) is 0 Å². The lowest BCUT2D eigenvalue weighted by molar-refractivity contribution is 0.0658. The van der Waals surface area contributed by atoms with Crippen LogP contribution in [0, 0.1) is 0 Å². The van der Waals surface area contributed by atoms with Crippen molar-refractivity contribution in [2.75, 3.05) is 30.8 Å². The quantitative estimate of drug-likeness (QED) is 0.750. The number of ether oxygens (including phenoxy) is 1. The summed E-state index contributed by atoms with van der Waals surface area (Å²) < 4.78 is 5.85. The first-order valence-corrected chi connectivity index (χ1v) is 7.77. The molecule has 110 valence electrons. The van der Waals surface area contributed by atoms with Crippen molar-refractivity contribution in [3.63, 3.8) is 0 Å². The van der Waals surface area contributed by atoms with Gasteiger partial charge in [-0.2, -0.15) is 0 Å². The van der Waals surface area contributed by atoms with Gasteiger partial charge in [0.25, 0.3) is 0 Å². The van der Waals surface area contributed by atoms with E-state index in [2.05, 4.69) is 20.6 Å². The Morgan fingerprint density at radius 1 is 1.15 bits per heavy atom. The fraction of sp³-hybridized carbons (Fsp3) is 0.733. The Morgan fingerprint density at radius 2 is 1.90 bits per heavy atom. The summed E-state index contributed by atoms with van der Waals surface area (Å²) in [6.07, 6.45) is 8.01. The zero-order valence-corrected chi connectivity index (χ0v) is 12.2. The van der Waals surface area contributed by atoms with Crippen molar-refractivity contribution in [3.8, 4) is 0 Å². The molecule has 1 aromatic rings. The van der Waals surface area contributed by atoms with Crippen molar-refractivity contribution in [1.29, 1.82) is 0 Å². The van der Waals surface area contributed by atoms with Gasteiger partial charge in [-0.3, -0.25) is 0 Å². The van der Waals surface area contributed by atoms with Crippen LogP contribution in [-0.2, 0) is 4.74 Å². The number of hydrogen-bond acceptors (Lipinski definition) is 5. The van der Waals surface area contributed by atoms with Crippen molar-refractivity contribution in [1.82, 2.24) is 9.97 Å². The van der Waals surface area contributed by atoms with Crippen LogP contribution < -0.4 is 10.6 Å². The summed E-state index contributed by atoms with van der Waals surface area (Å²) in [5.74, 6) is 3.33. The average molecular weight is 276 g/mol. The van der Waals surface area contributed by atoms with Crippen LogP contribution in [0.2, 0.25) is 0 Å². The van der Waals surface area contributed by atoms with Gasteiger partial charge in [-0.25, -0.2) is 9.97 Å². The molecule has 0 aromatic carbocycles. The minimum absolute atomic E-state index is 0.483. The normalized spacial score (nSPS) is 19.2. The van der Waals surface area contributed by atoms with Crippen LogP contribution in [0.15, 0.2) is 6.07 Å². The highest BCUT2D eigenvalue weighted by Crippen LogP contribution is 2.38. The Labute approximate surface area is 120 Å². The van der Waals surface area contributed by atoms with E-state index in [1.165, 1.54) is 38.5 Å². The van der Waals surface area contributed by atoms with Crippen LogP contribution in [0.4, 0.5) is 11.6 Å². The molecule has 20 heavy (non-hydrogen) atoms. The first-order valence-electron chi connectivity index (χ1n) is 7.77. The van der Waals surface area contributed by atoms with E-state index in [9.17, 15) is 0 Å². The molecule has 0 unspecified atom stereocenters. The molecular formula is C15H24N4O. The Balaban J connectivity index is 1.49. The van der Waals surface area contributed by atoms with Crippen LogP contribution in [-0.4, -0.2) is 36.3 Å². The molecule has 2 N–H and O–H groups in total. The summed E-state index contributed by atoms with van der Waals surface area (Å²) in [4.78, 5) is 9.11. The first-order chi connectivity index (χ1) is 9.85. The number of nitrogens with zero attached hydrogens (tertiary/aromatic N) is 2. The third kappa shape index (κ3) is 3.60. The van der Waals surface area contributed by atoms with Crippen molar-refractivity contribution in [2.24, 2.45) is 0 Å². The minimum Gasteiger partial charge on any atom is -0.376 e. The zero-order valence-electron chi connectivity index (χ0n) is 12.2. The van der Waals surface area contributed by atoms with Gasteiger partial charge < -0.3 is 15.4 Å². The van der Waals surface area contributed by atoms with E-state index in [1.54, 1.807) is 0 Å². The molecule has 0 amide bonds. The van der Waals surface area contributed by atoms with Gasteiger partial charge in [-0.15, -0.1) is 0 Å². The summed E-state index contributed by atoms with van der Waals surface area (Å²) in [6.45, 7) is 1.56. The molecule has 0 aliphatic heterocycles. The molecule has 0 atom stereocenters. The van der Waals surface area contributed by atoms with Crippen LogP contribution in [0.25, 0.3) is 0 Å². The standard InChI is InChI=1S/C15H24N4O/c1-16-13-10-14(19-15(18-13)11-6-7-11)17-8-9-20-12-4-2-3-5-12/h10-12H,2-9H2,1H3,(H2,16,17,18,19). The molecule has 2 fully saturated rings. The number of aromatic nitrogens is 2. The van der Waals surface area contributed by atoms with Crippen molar-refractivity contribution in [3.05, 3.63) is 11.9 Å². The summed E-state index contributed by atoms with van der Waals surface area (Å²) in [5, 5.41) is 6.45. The molecule has 1 aromatic heterocycles. The topological polar surface area (TPSA) is 59.1 Å². The Hall–Kier alpha value is -1.36. The van der Waals surface area contributed by atoms with Gasteiger partial charge in [0.2, 0.25) is 0 Å². The Kier molecular flexibility index (Phi) is 4.35. The number of anilines is 2. The maximum atomic E-state index is 5.85. The predicted octanol–water partition coefficient (Wildman–Crippen LogP) is 2.77. The molecule has 3 rings (SSSR count). The summed E-state index contributed by atoms with van der Waals surface area (Å²) in [5.41, 5.74) is 0. The second-order valence-corrected chi connectivity index (χ2v) is 5.72. The SMILES string of the molecule is CNc1cc(NCCOC2CCCC2)nc(C2CC2)n1. The summed E-state index contributed by atoms with van der Waals surface area (Å²) >= 11 is 0. The fourth-order valence-electron chi connectivity index (χ4n) is 2.67. The van der Waals surface area contributed by atoms with Crippen LogP contribution in [0.1, 0.15) is 50.3 Å². The zero-order chi connectivity index (χ0) is 13.8. The fourth-order valence-corrected chi connectivity index (χ4v) is 2.67. The Morgan fingerprint density at radius 3 is 2.60 bits per heavy atom. The molecule has 2 aliphatic carbocycles. The second kappa shape index (κ2) is 6.39. The van der Waals surface area contributed by atoms with Gasteiger partial charge >= 0.3 is 0 Å². The minimum atomic E-state index is 0.483. The largest absolute Gasteiger partial charge is 0.376 e. The highest BCUT2D eigenvalue weighted by atomic mass is 16.5. The van der Waals surface area contributed by atoms with Gasteiger partial charge in [0.1, 0.15) is 17.5 Å². The molecular weight excluding hydrogens is 252 g/mol. The molecule has 0 bridgehead atoms. The van der Waals surface area contributed by atoms with Crippen LogP contribution >= 0.6 is 0 Å². The lowest BCUT2D eigenvalue weighted by Crippen LogP contribution is -2.16. The van der Waals surface area contributed by atoms with E-state index in [-0.39, 0.29) is 0 Å². The van der Waals surface area contributed by atoms with E-state index >= 15 is 0 Å². The number of hydrogen-bond donors (Lipinski definition) is 2. The maximum Gasteiger partial charge on any atom is 0.136 e. The van der Waals surface area contributed by atoms with Crippen LogP contribution in [0.3, 0.4) is 0 Å².